The molecule has 0 bridgehead atoms. The third-order valence-corrected chi connectivity index (χ3v) is 7.25. The van der Waals surface area contributed by atoms with Gasteiger partial charge in [-0.15, -0.1) is 0 Å². The summed E-state index contributed by atoms with van der Waals surface area (Å²) < 4.78 is 11.3. The minimum absolute atomic E-state index is 0.117. The number of likely N-dealkylation sites (tertiary alicyclic amines) is 1. The highest BCUT2D eigenvalue weighted by Gasteiger charge is 2.45. The normalized spacial score (nSPS) is 19.4. The maximum atomic E-state index is 13.3. The van der Waals surface area contributed by atoms with Crippen molar-refractivity contribution in [1.82, 2.24) is 9.80 Å². The Morgan fingerprint density at radius 1 is 0.949 bits per heavy atom. The van der Waals surface area contributed by atoms with Crippen molar-refractivity contribution in [2.45, 2.75) is 26.0 Å². The van der Waals surface area contributed by atoms with Crippen LogP contribution in [0.5, 0.6) is 5.75 Å². The number of rotatable bonds is 9. The SMILES string of the molecule is Cc1cccc(COc2ccc(/C(O)=C3\C(=O)C(=O)N(CCCN4CCOCC4)[C@H]3c3ccccc3)cc2)c1. The number of aryl methyl sites for hydroxylation is 1. The van der Waals surface area contributed by atoms with E-state index in [1.165, 1.54) is 5.56 Å². The van der Waals surface area contributed by atoms with Gasteiger partial charge in [0.2, 0.25) is 0 Å². The molecule has 0 saturated carbocycles. The van der Waals surface area contributed by atoms with Gasteiger partial charge in [-0.3, -0.25) is 14.5 Å². The molecule has 5 rings (SSSR count). The second kappa shape index (κ2) is 12.3. The third kappa shape index (κ3) is 6.21. The number of carbonyl (C=O) groups is 2. The number of ketones is 1. The van der Waals surface area contributed by atoms with E-state index in [-0.39, 0.29) is 11.3 Å². The molecule has 7 nitrogen and oxygen atoms in total. The molecule has 0 spiro atoms. The molecular formula is C32H34N2O5. The van der Waals surface area contributed by atoms with E-state index in [9.17, 15) is 14.7 Å². The van der Waals surface area contributed by atoms with Gasteiger partial charge in [0.05, 0.1) is 24.8 Å². The maximum absolute atomic E-state index is 13.3. The predicted octanol–water partition coefficient (Wildman–Crippen LogP) is 4.72. The zero-order valence-corrected chi connectivity index (χ0v) is 22.2. The van der Waals surface area contributed by atoms with Gasteiger partial charge in [-0.25, -0.2) is 0 Å². The second-order valence-electron chi connectivity index (χ2n) is 10.0. The molecule has 7 heteroatoms. The number of amides is 1. The molecule has 3 aromatic rings. The molecule has 1 N–H and O–H groups in total. The Balaban J connectivity index is 1.36. The Morgan fingerprint density at radius 3 is 2.41 bits per heavy atom. The number of ether oxygens (including phenoxy) is 2. The van der Waals surface area contributed by atoms with Gasteiger partial charge in [-0.05, 0) is 48.7 Å². The van der Waals surface area contributed by atoms with Crippen LogP contribution in [0, 0.1) is 6.92 Å². The van der Waals surface area contributed by atoms with Crippen molar-refractivity contribution in [3.8, 4) is 5.75 Å². The quantitative estimate of drug-likeness (QED) is 0.247. The number of nitrogens with zero attached hydrogens (tertiary/aromatic N) is 2. The summed E-state index contributed by atoms with van der Waals surface area (Å²) in [6, 6.07) is 23.9. The molecule has 1 atom stereocenters. The van der Waals surface area contributed by atoms with Crippen LogP contribution in [-0.2, 0) is 20.9 Å². The van der Waals surface area contributed by atoms with Crippen molar-refractivity contribution in [2.75, 3.05) is 39.4 Å². The van der Waals surface area contributed by atoms with Crippen LogP contribution >= 0.6 is 0 Å². The Labute approximate surface area is 229 Å². The van der Waals surface area contributed by atoms with Crippen molar-refractivity contribution < 1.29 is 24.2 Å². The van der Waals surface area contributed by atoms with Crippen molar-refractivity contribution in [3.63, 3.8) is 0 Å². The van der Waals surface area contributed by atoms with Crippen molar-refractivity contribution >= 4 is 17.4 Å². The fraction of sp³-hybridized carbons (Fsp3) is 0.312. The summed E-state index contributed by atoms with van der Waals surface area (Å²) in [5.41, 5.74) is 3.61. The number of aliphatic hydroxyl groups excluding tert-OH is 1. The zero-order chi connectivity index (χ0) is 27.2. The van der Waals surface area contributed by atoms with Gasteiger partial charge >= 0.3 is 0 Å². The highest BCUT2D eigenvalue weighted by molar-refractivity contribution is 6.46. The van der Waals surface area contributed by atoms with E-state index >= 15 is 0 Å². The number of benzene rings is 3. The number of Topliss-reactive ketones (excluding diaryl/α,β-unsaturated/α-hetero) is 1. The first-order valence-corrected chi connectivity index (χ1v) is 13.4. The Hall–Kier alpha value is -3.94. The van der Waals surface area contributed by atoms with Gasteiger partial charge in [0.25, 0.3) is 11.7 Å². The Morgan fingerprint density at radius 2 is 1.69 bits per heavy atom. The largest absolute Gasteiger partial charge is 0.507 e. The van der Waals surface area contributed by atoms with Crippen LogP contribution in [0.4, 0.5) is 0 Å². The molecule has 0 unspecified atom stereocenters. The first kappa shape index (κ1) is 26.7. The first-order chi connectivity index (χ1) is 19.0. The van der Waals surface area contributed by atoms with E-state index < -0.39 is 17.7 Å². The van der Waals surface area contributed by atoms with E-state index in [0.29, 0.717) is 37.7 Å². The minimum atomic E-state index is -0.660. The minimum Gasteiger partial charge on any atom is -0.507 e. The molecule has 0 aliphatic carbocycles. The van der Waals surface area contributed by atoms with Crippen LogP contribution in [0.25, 0.3) is 5.76 Å². The lowest BCUT2D eigenvalue weighted by Gasteiger charge is -2.29. The summed E-state index contributed by atoms with van der Waals surface area (Å²) >= 11 is 0. The first-order valence-electron chi connectivity index (χ1n) is 13.4. The van der Waals surface area contributed by atoms with Crippen molar-refractivity contribution in [1.29, 1.82) is 0 Å². The number of hydrogen-bond donors (Lipinski definition) is 1. The lowest BCUT2D eigenvalue weighted by molar-refractivity contribution is -0.140. The molecule has 2 aliphatic rings. The summed E-state index contributed by atoms with van der Waals surface area (Å²) in [7, 11) is 0. The average Bonchev–Trinajstić information content (AvgIpc) is 3.22. The number of aliphatic hydroxyl groups is 1. The van der Waals surface area contributed by atoms with Gasteiger partial charge in [0, 0.05) is 31.7 Å². The molecule has 2 aliphatic heterocycles. The van der Waals surface area contributed by atoms with Gasteiger partial charge in [-0.2, -0.15) is 0 Å². The van der Waals surface area contributed by atoms with E-state index in [1.54, 1.807) is 29.2 Å². The summed E-state index contributed by atoms with van der Waals surface area (Å²) in [4.78, 5) is 30.4. The molecule has 0 aromatic heterocycles. The fourth-order valence-electron chi connectivity index (χ4n) is 5.22. The summed E-state index contributed by atoms with van der Waals surface area (Å²) in [5.74, 6) is -0.766. The molecule has 1 amide bonds. The van der Waals surface area contributed by atoms with Crippen LogP contribution in [0.1, 0.15) is 34.7 Å². The lowest BCUT2D eigenvalue weighted by atomic mass is 9.95. The molecule has 2 saturated heterocycles. The molecule has 3 aromatic carbocycles. The highest BCUT2D eigenvalue weighted by atomic mass is 16.5. The maximum Gasteiger partial charge on any atom is 0.295 e. The summed E-state index contributed by atoms with van der Waals surface area (Å²) in [6.45, 7) is 6.86. The smallest absolute Gasteiger partial charge is 0.295 e. The number of morpholine rings is 1. The summed E-state index contributed by atoms with van der Waals surface area (Å²) in [5, 5.41) is 11.3. The molecule has 2 fully saturated rings. The Kier molecular flexibility index (Phi) is 8.39. The van der Waals surface area contributed by atoms with Gasteiger partial charge < -0.3 is 19.5 Å². The van der Waals surface area contributed by atoms with E-state index in [4.69, 9.17) is 9.47 Å². The second-order valence-corrected chi connectivity index (χ2v) is 10.0. The monoisotopic (exact) mass is 526 g/mol. The predicted molar refractivity (Wildman–Crippen MR) is 149 cm³/mol. The fourth-order valence-corrected chi connectivity index (χ4v) is 5.22. The number of hydrogen-bond acceptors (Lipinski definition) is 6. The molecule has 0 radical (unpaired) electrons. The van der Waals surface area contributed by atoms with E-state index in [2.05, 4.69) is 11.0 Å². The highest BCUT2D eigenvalue weighted by Crippen LogP contribution is 2.39. The van der Waals surface area contributed by atoms with Gasteiger partial charge in [-0.1, -0.05) is 60.2 Å². The van der Waals surface area contributed by atoms with Crippen molar-refractivity contribution in [2.24, 2.45) is 0 Å². The molecular weight excluding hydrogens is 492 g/mol. The van der Waals surface area contributed by atoms with Crippen molar-refractivity contribution in [3.05, 3.63) is 107 Å². The van der Waals surface area contributed by atoms with Crippen LogP contribution < -0.4 is 4.74 Å². The molecule has 2 heterocycles. The van der Waals surface area contributed by atoms with Gasteiger partial charge in [0.15, 0.2) is 0 Å². The lowest BCUT2D eigenvalue weighted by Crippen LogP contribution is -2.38. The number of carbonyl (C=O) groups excluding carboxylic acids is 2. The zero-order valence-electron chi connectivity index (χ0n) is 22.2. The summed E-state index contributed by atoms with van der Waals surface area (Å²) in [6.07, 6.45) is 0.726. The third-order valence-electron chi connectivity index (χ3n) is 7.25. The molecule has 202 valence electrons. The van der Waals surface area contributed by atoms with Crippen LogP contribution in [0.3, 0.4) is 0 Å². The van der Waals surface area contributed by atoms with Crippen LogP contribution in [0.15, 0.2) is 84.4 Å². The standard InChI is InChI=1S/C32H34N2O5/c1-23-7-5-8-24(21-23)22-39-27-13-11-26(12-14-27)30(35)28-29(25-9-3-2-4-10-25)34(32(37)31(28)36)16-6-15-33-17-19-38-20-18-33/h2-5,7-14,21,29,35H,6,15-20,22H2,1H3/b30-28+/t29-/m0/s1. The molecule has 39 heavy (non-hydrogen) atoms. The topological polar surface area (TPSA) is 79.3 Å². The van der Waals surface area contributed by atoms with E-state index in [0.717, 1.165) is 37.2 Å². The van der Waals surface area contributed by atoms with Crippen LogP contribution in [0.2, 0.25) is 0 Å². The Bertz CT molecular complexity index is 1330. The van der Waals surface area contributed by atoms with E-state index in [1.807, 2.05) is 55.5 Å². The van der Waals surface area contributed by atoms with Gasteiger partial charge in [0.1, 0.15) is 18.1 Å². The average molecular weight is 527 g/mol. The van der Waals surface area contributed by atoms with Crippen LogP contribution in [-0.4, -0.2) is 66.0 Å².